The van der Waals surface area contributed by atoms with E-state index in [0.717, 1.165) is 23.9 Å². The van der Waals surface area contributed by atoms with Gasteiger partial charge in [-0.1, -0.05) is 18.6 Å². The Balaban J connectivity index is 1.58. The summed E-state index contributed by atoms with van der Waals surface area (Å²) < 4.78 is 0. The Bertz CT molecular complexity index is 623. The van der Waals surface area contributed by atoms with Crippen LogP contribution in [0.3, 0.4) is 0 Å². The number of amides is 2. The molecule has 2 fully saturated rings. The molecule has 0 saturated heterocycles. The van der Waals surface area contributed by atoms with E-state index < -0.39 is 0 Å². The summed E-state index contributed by atoms with van der Waals surface area (Å²) >= 11 is 0. The molecule has 2 saturated carbocycles. The molecule has 3 atom stereocenters. The number of hydrogen-bond donors (Lipinski definition) is 0. The SMILES string of the molecule is CCN(Cc1ccc(C(=O)N(C)C)cc1)C(=O)C[C@@H]1C[C@H]2CC[C@H]1C2. The van der Waals surface area contributed by atoms with Gasteiger partial charge in [-0.15, -0.1) is 0 Å². The number of carbonyl (C=O) groups excluding carboxylic acids is 2. The molecule has 1 aromatic rings. The summed E-state index contributed by atoms with van der Waals surface area (Å²) in [6, 6.07) is 7.63. The van der Waals surface area contributed by atoms with Gasteiger partial charge in [0.1, 0.15) is 0 Å². The van der Waals surface area contributed by atoms with Crippen molar-refractivity contribution in [1.82, 2.24) is 9.80 Å². The average Bonchev–Trinajstić information content (AvgIpc) is 3.22. The highest BCUT2D eigenvalue weighted by Crippen LogP contribution is 2.49. The lowest BCUT2D eigenvalue weighted by molar-refractivity contribution is -0.133. The van der Waals surface area contributed by atoms with Gasteiger partial charge in [0.25, 0.3) is 5.91 Å². The molecular formula is C21H30N2O2. The number of benzene rings is 1. The van der Waals surface area contributed by atoms with Crippen molar-refractivity contribution in [3.8, 4) is 0 Å². The molecule has 136 valence electrons. The summed E-state index contributed by atoms with van der Waals surface area (Å²) in [7, 11) is 3.51. The van der Waals surface area contributed by atoms with Crippen molar-refractivity contribution in [2.45, 2.75) is 45.6 Å². The lowest BCUT2D eigenvalue weighted by Gasteiger charge is -2.26. The van der Waals surface area contributed by atoms with Crippen LogP contribution >= 0.6 is 0 Å². The van der Waals surface area contributed by atoms with E-state index in [4.69, 9.17) is 0 Å². The van der Waals surface area contributed by atoms with Crippen LogP contribution in [0.2, 0.25) is 0 Å². The fourth-order valence-electron chi connectivity index (χ4n) is 4.59. The molecule has 3 rings (SSSR count). The minimum Gasteiger partial charge on any atom is -0.345 e. The van der Waals surface area contributed by atoms with Crippen LogP contribution < -0.4 is 0 Å². The quantitative estimate of drug-likeness (QED) is 0.793. The maximum atomic E-state index is 12.7. The first kappa shape index (κ1) is 18.0. The van der Waals surface area contributed by atoms with E-state index in [1.165, 1.54) is 25.7 Å². The van der Waals surface area contributed by atoms with Gasteiger partial charge in [-0.25, -0.2) is 0 Å². The molecule has 0 radical (unpaired) electrons. The molecule has 4 heteroatoms. The second kappa shape index (κ2) is 7.59. The van der Waals surface area contributed by atoms with E-state index in [9.17, 15) is 9.59 Å². The van der Waals surface area contributed by atoms with E-state index in [1.54, 1.807) is 19.0 Å². The van der Waals surface area contributed by atoms with Crippen LogP contribution in [0, 0.1) is 17.8 Å². The van der Waals surface area contributed by atoms with Crippen molar-refractivity contribution < 1.29 is 9.59 Å². The molecule has 0 heterocycles. The molecule has 1 aromatic carbocycles. The molecule has 0 unspecified atom stereocenters. The highest BCUT2D eigenvalue weighted by molar-refractivity contribution is 5.93. The van der Waals surface area contributed by atoms with Gasteiger partial charge < -0.3 is 9.80 Å². The Hall–Kier alpha value is -1.84. The van der Waals surface area contributed by atoms with Crippen molar-refractivity contribution in [3.63, 3.8) is 0 Å². The van der Waals surface area contributed by atoms with E-state index in [2.05, 4.69) is 0 Å². The fraction of sp³-hybridized carbons (Fsp3) is 0.619. The van der Waals surface area contributed by atoms with Gasteiger partial charge >= 0.3 is 0 Å². The van der Waals surface area contributed by atoms with Gasteiger partial charge in [-0.2, -0.15) is 0 Å². The summed E-state index contributed by atoms with van der Waals surface area (Å²) in [4.78, 5) is 28.2. The molecule has 2 bridgehead atoms. The second-order valence-electron chi connectivity index (χ2n) is 7.94. The van der Waals surface area contributed by atoms with Crippen molar-refractivity contribution in [1.29, 1.82) is 0 Å². The smallest absolute Gasteiger partial charge is 0.253 e. The summed E-state index contributed by atoms with van der Waals surface area (Å²) in [5, 5.41) is 0. The molecular weight excluding hydrogens is 312 g/mol. The van der Waals surface area contributed by atoms with E-state index in [1.807, 2.05) is 36.1 Å². The fourth-order valence-corrected chi connectivity index (χ4v) is 4.59. The average molecular weight is 342 g/mol. The van der Waals surface area contributed by atoms with Crippen molar-refractivity contribution in [2.24, 2.45) is 17.8 Å². The van der Waals surface area contributed by atoms with Crippen LogP contribution in [0.5, 0.6) is 0 Å². The predicted octanol–water partition coefficient (Wildman–Crippen LogP) is 3.56. The summed E-state index contributed by atoms with van der Waals surface area (Å²) in [6.45, 7) is 3.41. The first-order valence-corrected chi connectivity index (χ1v) is 9.56. The molecule has 0 aliphatic heterocycles. The normalized spacial score (nSPS) is 24.4. The van der Waals surface area contributed by atoms with Crippen LogP contribution in [0.15, 0.2) is 24.3 Å². The zero-order valence-electron chi connectivity index (χ0n) is 15.7. The number of nitrogens with zero attached hydrogens (tertiary/aromatic N) is 2. The van der Waals surface area contributed by atoms with Crippen LogP contribution in [0.1, 0.15) is 54.9 Å². The molecule has 0 N–H and O–H groups in total. The third-order valence-corrected chi connectivity index (χ3v) is 6.04. The minimum atomic E-state index is 0.00580. The third kappa shape index (κ3) is 4.05. The van der Waals surface area contributed by atoms with E-state index in [0.29, 0.717) is 24.4 Å². The van der Waals surface area contributed by atoms with Gasteiger partial charge in [0.15, 0.2) is 0 Å². The number of hydrogen-bond acceptors (Lipinski definition) is 2. The molecule has 2 amide bonds. The lowest BCUT2D eigenvalue weighted by Crippen LogP contribution is -2.32. The van der Waals surface area contributed by atoms with Crippen LogP contribution in [0.25, 0.3) is 0 Å². The molecule has 2 aliphatic carbocycles. The molecule has 0 aromatic heterocycles. The molecule has 25 heavy (non-hydrogen) atoms. The Morgan fingerprint density at radius 1 is 1.08 bits per heavy atom. The Morgan fingerprint density at radius 2 is 1.80 bits per heavy atom. The van der Waals surface area contributed by atoms with Crippen LogP contribution in [-0.2, 0) is 11.3 Å². The minimum absolute atomic E-state index is 0.00580. The van der Waals surface area contributed by atoms with E-state index >= 15 is 0 Å². The zero-order chi connectivity index (χ0) is 18.0. The Morgan fingerprint density at radius 3 is 2.32 bits per heavy atom. The molecule has 0 spiro atoms. The maximum Gasteiger partial charge on any atom is 0.253 e. The summed E-state index contributed by atoms with van der Waals surface area (Å²) in [5.41, 5.74) is 1.77. The van der Waals surface area contributed by atoms with Crippen LogP contribution in [0.4, 0.5) is 0 Å². The highest BCUT2D eigenvalue weighted by atomic mass is 16.2. The van der Waals surface area contributed by atoms with Gasteiger partial charge in [0, 0.05) is 39.2 Å². The Labute approximate surface area is 151 Å². The lowest BCUT2D eigenvalue weighted by atomic mass is 9.86. The van der Waals surface area contributed by atoms with Gasteiger partial charge in [-0.3, -0.25) is 9.59 Å². The standard InChI is InChI=1S/C21H30N2O2/c1-4-23(20(24)13-19-12-16-7-10-18(19)11-16)14-15-5-8-17(9-6-15)21(25)22(2)3/h5-6,8-9,16,18-19H,4,7,10-14H2,1-3H3/t16-,18-,19-/m0/s1. The second-order valence-corrected chi connectivity index (χ2v) is 7.94. The maximum absolute atomic E-state index is 12.7. The summed E-state index contributed by atoms with van der Waals surface area (Å²) in [6.07, 6.45) is 6.04. The Kier molecular flexibility index (Phi) is 5.45. The van der Waals surface area contributed by atoms with Gasteiger partial charge in [0.05, 0.1) is 0 Å². The third-order valence-electron chi connectivity index (χ3n) is 6.04. The van der Waals surface area contributed by atoms with E-state index in [-0.39, 0.29) is 11.8 Å². The van der Waals surface area contributed by atoms with Crippen molar-refractivity contribution >= 4 is 11.8 Å². The van der Waals surface area contributed by atoms with Crippen molar-refractivity contribution in [3.05, 3.63) is 35.4 Å². The monoisotopic (exact) mass is 342 g/mol. The van der Waals surface area contributed by atoms with Crippen molar-refractivity contribution in [2.75, 3.05) is 20.6 Å². The largest absolute Gasteiger partial charge is 0.345 e. The molecule has 4 nitrogen and oxygen atoms in total. The summed E-state index contributed by atoms with van der Waals surface area (Å²) in [5.74, 6) is 2.59. The number of carbonyl (C=O) groups is 2. The highest BCUT2D eigenvalue weighted by Gasteiger charge is 2.40. The van der Waals surface area contributed by atoms with Crippen LogP contribution in [-0.4, -0.2) is 42.3 Å². The predicted molar refractivity (Wildman–Crippen MR) is 99.1 cm³/mol. The topological polar surface area (TPSA) is 40.6 Å². The number of fused-ring (bicyclic) bond motifs is 2. The zero-order valence-corrected chi connectivity index (χ0v) is 15.7. The first-order chi connectivity index (χ1) is 12.0. The first-order valence-electron chi connectivity index (χ1n) is 9.56. The molecule has 2 aliphatic rings. The van der Waals surface area contributed by atoms with Gasteiger partial charge in [-0.05, 0) is 61.6 Å². The number of rotatable bonds is 6. The van der Waals surface area contributed by atoms with Gasteiger partial charge in [0.2, 0.25) is 5.91 Å².